The molecule has 1 aromatic carbocycles. The summed E-state index contributed by atoms with van der Waals surface area (Å²) in [5.74, 6) is 0.748. The topological polar surface area (TPSA) is 49.8 Å². The molecule has 0 radical (unpaired) electrons. The second-order valence-electron chi connectivity index (χ2n) is 5.81. The summed E-state index contributed by atoms with van der Waals surface area (Å²) in [6, 6.07) is 8.11. The standard InChI is InChI=1S/C16H21NO3/c1-20-16-5-3-2-4-14(16)15(19)10-17-11-6-7-12(17)9-13(18)8-11/h2-5,11-13,18H,6-10H2,1H3. The zero-order chi connectivity index (χ0) is 14.1. The summed E-state index contributed by atoms with van der Waals surface area (Å²) in [4.78, 5) is 14.8. The first-order chi connectivity index (χ1) is 9.69. The lowest BCUT2D eigenvalue weighted by molar-refractivity contribution is 0.0343. The van der Waals surface area contributed by atoms with Gasteiger partial charge in [-0.1, -0.05) is 12.1 Å². The third-order valence-electron chi connectivity index (χ3n) is 4.59. The lowest BCUT2D eigenvalue weighted by Crippen LogP contribution is -2.46. The molecule has 1 N–H and O–H groups in total. The van der Waals surface area contributed by atoms with Crippen LogP contribution in [0, 0.1) is 0 Å². The smallest absolute Gasteiger partial charge is 0.180 e. The number of carbonyl (C=O) groups excluding carboxylic acids is 1. The van der Waals surface area contributed by atoms with Crippen molar-refractivity contribution in [2.24, 2.45) is 0 Å². The van der Waals surface area contributed by atoms with Gasteiger partial charge < -0.3 is 9.84 Å². The van der Waals surface area contributed by atoms with Crippen LogP contribution in [0.4, 0.5) is 0 Å². The van der Waals surface area contributed by atoms with Crippen molar-refractivity contribution in [2.45, 2.75) is 43.9 Å². The lowest BCUT2D eigenvalue weighted by Gasteiger charge is -2.36. The van der Waals surface area contributed by atoms with Crippen molar-refractivity contribution >= 4 is 5.78 Å². The van der Waals surface area contributed by atoms with Crippen LogP contribution in [-0.4, -0.2) is 47.6 Å². The number of hydrogen-bond donors (Lipinski definition) is 1. The molecule has 0 aromatic heterocycles. The van der Waals surface area contributed by atoms with E-state index < -0.39 is 0 Å². The predicted octanol–water partition coefficient (Wildman–Crippen LogP) is 1.87. The van der Waals surface area contributed by atoms with E-state index in [9.17, 15) is 9.90 Å². The third kappa shape index (κ3) is 2.45. The van der Waals surface area contributed by atoms with Gasteiger partial charge in [-0.05, 0) is 37.8 Å². The first-order valence-electron chi connectivity index (χ1n) is 7.29. The van der Waals surface area contributed by atoms with E-state index in [1.54, 1.807) is 7.11 Å². The Kier molecular flexibility index (Phi) is 3.76. The van der Waals surface area contributed by atoms with E-state index in [0.29, 0.717) is 29.9 Å². The fourth-order valence-electron chi connectivity index (χ4n) is 3.63. The van der Waals surface area contributed by atoms with Crippen LogP contribution < -0.4 is 4.74 Å². The molecule has 0 aliphatic carbocycles. The number of para-hydroxylation sites is 1. The zero-order valence-corrected chi connectivity index (χ0v) is 11.8. The van der Waals surface area contributed by atoms with Crippen LogP contribution in [0.5, 0.6) is 5.75 Å². The number of Topliss-reactive ketones (excluding diaryl/α,β-unsaturated/α-hetero) is 1. The number of ether oxygens (including phenoxy) is 1. The quantitative estimate of drug-likeness (QED) is 0.852. The molecule has 2 aliphatic rings. The normalized spacial score (nSPS) is 29.4. The van der Waals surface area contributed by atoms with E-state index in [4.69, 9.17) is 4.74 Å². The van der Waals surface area contributed by atoms with E-state index in [0.717, 1.165) is 25.7 Å². The number of aliphatic hydroxyl groups is 1. The maximum Gasteiger partial charge on any atom is 0.180 e. The molecule has 2 heterocycles. The highest BCUT2D eigenvalue weighted by Gasteiger charge is 2.40. The molecule has 2 bridgehead atoms. The molecular formula is C16H21NO3. The summed E-state index contributed by atoms with van der Waals surface area (Å²) < 4.78 is 5.26. The Morgan fingerprint density at radius 3 is 2.60 bits per heavy atom. The van der Waals surface area contributed by atoms with E-state index in [2.05, 4.69) is 4.90 Å². The number of aliphatic hydroxyl groups excluding tert-OH is 1. The highest BCUT2D eigenvalue weighted by atomic mass is 16.5. The molecule has 2 saturated heterocycles. The van der Waals surface area contributed by atoms with Gasteiger partial charge in [0, 0.05) is 12.1 Å². The summed E-state index contributed by atoms with van der Waals surface area (Å²) >= 11 is 0. The summed E-state index contributed by atoms with van der Waals surface area (Å²) in [7, 11) is 1.59. The Hall–Kier alpha value is -1.39. The minimum absolute atomic E-state index is 0.107. The van der Waals surface area contributed by atoms with Gasteiger partial charge >= 0.3 is 0 Å². The fraction of sp³-hybridized carbons (Fsp3) is 0.562. The highest BCUT2D eigenvalue weighted by molar-refractivity contribution is 6.00. The summed E-state index contributed by atoms with van der Waals surface area (Å²) in [6.07, 6.45) is 3.61. The highest BCUT2D eigenvalue weighted by Crippen LogP contribution is 2.35. The van der Waals surface area contributed by atoms with E-state index in [1.165, 1.54) is 0 Å². The largest absolute Gasteiger partial charge is 0.496 e. The molecule has 2 atom stereocenters. The Labute approximate surface area is 119 Å². The molecule has 108 valence electrons. The van der Waals surface area contributed by atoms with Gasteiger partial charge in [0.25, 0.3) is 0 Å². The zero-order valence-electron chi connectivity index (χ0n) is 11.8. The van der Waals surface area contributed by atoms with Gasteiger partial charge in [0.05, 0.1) is 25.3 Å². The SMILES string of the molecule is COc1ccccc1C(=O)CN1C2CCC1CC(O)C2. The summed E-state index contributed by atoms with van der Waals surface area (Å²) in [5.41, 5.74) is 0.653. The van der Waals surface area contributed by atoms with Crippen LogP contribution >= 0.6 is 0 Å². The Bertz CT molecular complexity index is 488. The molecule has 0 amide bonds. The van der Waals surface area contributed by atoms with Crippen molar-refractivity contribution < 1.29 is 14.6 Å². The van der Waals surface area contributed by atoms with E-state index in [-0.39, 0.29) is 11.9 Å². The van der Waals surface area contributed by atoms with Crippen molar-refractivity contribution in [3.63, 3.8) is 0 Å². The molecule has 3 rings (SSSR count). The number of hydrogen-bond acceptors (Lipinski definition) is 4. The van der Waals surface area contributed by atoms with Crippen molar-refractivity contribution in [1.29, 1.82) is 0 Å². The van der Waals surface area contributed by atoms with Gasteiger partial charge in [0.2, 0.25) is 0 Å². The van der Waals surface area contributed by atoms with Gasteiger partial charge in [-0.15, -0.1) is 0 Å². The van der Waals surface area contributed by atoms with Gasteiger partial charge in [-0.25, -0.2) is 0 Å². The number of carbonyl (C=O) groups is 1. The second kappa shape index (κ2) is 5.54. The first kappa shape index (κ1) is 13.6. The van der Waals surface area contributed by atoms with E-state index in [1.807, 2.05) is 24.3 Å². The Morgan fingerprint density at radius 2 is 1.95 bits per heavy atom. The third-order valence-corrected chi connectivity index (χ3v) is 4.59. The number of piperidine rings is 1. The molecule has 1 aromatic rings. The molecule has 2 unspecified atom stereocenters. The van der Waals surface area contributed by atoms with Crippen molar-refractivity contribution in [3.8, 4) is 5.75 Å². The minimum atomic E-state index is -0.190. The maximum absolute atomic E-state index is 12.5. The molecule has 2 fully saturated rings. The van der Waals surface area contributed by atoms with Crippen LogP contribution in [0.2, 0.25) is 0 Å². The van der Waals surface area contributed by atoms with Crippen LogP contribution in [0.1, 0.15) is 36.0 Å². The lowest BCUT2D eigenvalue weighted by atomic mass is 9.98. The van der Waals surface area contributed by atoms with E-state index >= 15 is 0 Å². The molecule has 2 aliphatic heterocycles. The second-order valence-corrected chi connectivity index (χ2v) is 5.81. The van der Waals surface area contributed by atoms with Crippen LogP contribution in [0.15, 0.2) is 24.3 Å². The Morgan fingerprint density at radius 1 is 1.30 bits per heavy atom. The predicted molar refractivity (Wildman–Crippen MR) is 76.1 cm³/mol. The molecule has 4 nitrogen and oxygen atoms in total. The molecule has 4 heteroatoms. The number of fused-ring (bicyclic) bond motifs is 2. The van der Waals surface area contributed by atoms with Crippen molar-refractivity contribution in [3.05, 3.63) is 29.8 Å². The number of rotatable bonds is 4. The van der Waals surface area contributed by atoms with Crippen molar-refractivity contribution in [1.82, 2.24) is 4.90 Å². The maximum atomic E-state index is 12.5. The van der Waals surface area contributed by atoms with Crippen molar-refractivity contribution in [2.75, 3.05) is 13.7 Å². The summed E-state index contributed by atoms with van der Waals surface area (Å²) in [6.45, 7) is 0.433. The van der Waals surface area contributed by atoms with Crippen LogP contribution in [0.25, 0.3) is 0 Å². The fourth-order valence-corrected chi connectivity index (χ4v) is 3.63. The first-order valence-corrected chi connectivity index (χ1v) is 7.29. The molecule has 0 spiro atoms. The number of benzene rings is 1. The minimum Gasteiger partial charge on any atom is -0.496 e. The summed E-state index contributed by atoms with van der Waals surface area (Å²) in [5, 5.41) is 9.81. The van der Waals surface area contributed by atoms with Gasteiger partial charge in [0.15, 0.2) is 5.78 Å². The monoisotopic (exact) mass is 275 g/mol. The molecular weight excluding hydrogens is 254 g/mol. The average Bonchev–Trinajstić information content (AvgIpc) is 2.70. The average molecular weight is 275 g/mol. The molecule has 20 heavy (non-hydrogen) atoms. The van der Waals surface area contributed by atoms with Crippen LogP contribution in [0.3, 0.4) is 0 Å². The van der Waals surface area contributed by atoms with Gasteiger partial charge in [-0.3, -0.25) is 9.69 Å². The van der Waals surface area contributed by atoms with Gasteiger partial charge in [0.1, 0.15) is 5.75 Å². The number of methoxy groups -OCH3 is 1. The number of ketones is 1. The Balaban J connectivity index is 1.73. The number of nitrogens with zero attached hydrogens (tertiary/aromatic N) is 1. The molecule has 0 saturated carbocycles. The van der Waals surface area contributed by atoms with Crippen LogP contribution in [-0.2, 0) is 0 Å². The van der Waals surface area contributed by atoms with Gasteiger partial charge in [-0.2, -0.15) is 0 Å².